The molecule has 0 fully saturated rings. The Bertz CT molecular complexity index is 824. The number of hydrogen-bond donors (Lipinski definition) is 1. The van der Waals surface area contributed by atoms with Crippen LogP contribution in [0.1, 0.15) is 5.56 Å². The van der Waals surface area contributed by atoms with Crippen LogP contribution in [0.2, 0.25) is 0 Å². The predicted octanol–water partition coefficient (Wildman–Crippen LogP) is 2.88. The quantitative estimate of drug-likeness (QED) is 0.799. The molecule has 0 unspecified atom stereocenters. The summed E-state index contributed by atoms with van der Waals surface area (Å²) in [6, 6.07) is 13.4. The normalized spacial score (nSPS) is 12.2. The van der Waals surface area contributed by atoms with Gasteiger partial charge in [0, 0.05) is 18.9 Å². The molecule has 0 saturated carbocycles. The number of benzene rings is 1. The number of pyridine rings is 1. The maximum absolute atomic E-state index is 5.38. The zero-order valence-electron chi connectivity index (χ0n) is 12.3. The number of hydrogen-bond acceptors (Lipinski definition) is 6. The molecule has 0 atom stereocenters. The number of rotatable bonds is 4. The highest BCUT2D eigenvalue weighted by Gasteiger charge is 2.13. The van der Waals surface area contributed by atoms with Crippen molar-refractivity contribution < 1.29 is 9.47 Å². The number of anilines is 1. The molecule has 0 aliphatic carbocycles. The van der Waals surface area contributed by atoms with Gasteiger partial charge < -0.3 is 14.8 Å². The Morgan fingerprint density at radius 1 is 0.913 bits per heavy atom. The molecule has 0 bridgehead atoms. The fourth-order valence-corrected chi connectivity index (χ4v) is 2.33. The number of aromatic nitrogens is 3. The van der Waals surface area contributed by atoms with Gasteiger partial charge in [0.1, 0.15) is 0 Å². The van der Waals surface area contributed by atoms with E-state index in [9.17, 15) is 0 Å². The van der Waals surface area contributed by atoms with Crippen LogP contribution in [0, 0.1) is 0 Å². The van der Waals surface area contributed by atoms with E-state index in [1.807, 2.05) is 42.5 Å². The number of ether oxygens (including phenoxy) is 2. The smallest absolute Gasteiger partial charge is 0.231 e. The molecule has 114 valence electrons. The van der Waals surface area contributed by atoms with Gasteiger partial charge in [0.15, 0.2) is 11.5 Å². The van der Waals surface area contributed by atoms with Gasteiger partial charge in [-0.05, 0) is 35.9 Å². The Morgan fingerprint density at radius 3 is 2.78 bits per heavy atom. The van der Waals surface area contributed by atoms with Gasteiger partial charge in [-0.15, -0.1) is 0 Å². The highest BCUT2D eigenvalue weighted by molar-refractivity contribution is 5.55. The maximum atomic E-state index is 5.38. The third kappa shape index (κ3) is 2.91. The molecule has 23 heavy (non-hydrogen) atoms. The monoisotopic (exact) mass is 306 g/mol. The average molecular weight is 306 g/mol. The Labute approximate surface area is 133 Å². The predicted molar refractivity (Wildman–Crippen MR) is 85.2 cm³/mol. The van der Waals surface area contributed by atoms with Gasteiger partial charge in [0.2, 0.25) is 12.7 Å². The summed E-state index contributed by atoms with van der Waals surface area (Å²) in [7, 11) is 0. The van der Waals surface area contributed by atoms with Crippen molar-refractivity contribution in [3.63, 3.8) is 0 Å². The molecule has 6 heteroatoms. The van der Waals surface area contributed by atoms with Crippen LogP contribution in [0.15, 0.2) is 54.9 Å². The van der Waals surface area contributed by atoms with Crippen LogP contribution in [0.5, 0.6) is 11.5 Å². The van der Waals surface area contributed by atoms with Gasteiger partial charge in [0.05, 0.1) is 11.4 Å². The van der Waals surface area contributed by atoms with Crippen molar-refractivity contribution in [3.8, 4) is 22.9 Å². The molecular weight excluding hydrogens is 292 g/mol. The lowest BCUT2D eigenvalue weighted by atomic mass is 10.2. The summed E-state index contributed by atoms with van der Waals surface area (Å²) >= 11 is 0. The van der Waals surface area contributed by atoms with E-state index in [1.165, 1.54) is 0 Å². The summed E-state index contributed by atoms with van der Waals surface area (Å²) in [6.07, 6.45) is 3.47. The largest absolute Gasteiger partial charge is 0.454 e. The molecule has 0 amide bonds. The van der Waals surface area contributed by atoms with Crippen molar-refractivity contribution in [1.29, 1.82) is 0 Å². The average Bonchev–Trinajstić information content (AvgIpc) is 3.09. The first-order valence-corrected chi connectivity index (χ1v) is 7.25. The van der Waals surface area contributed by atoms with Crippen LogP contribution < -0.4 is 14.8 Å². The van der Waals surface area contributed by atoms with E-state index in [4.69, 9.17) is 9.47 Å². The molecule has 1 aromatic carbocycles. The Balaban J connectivity index is 1.49. The van der Waals surface area contributed by atoms with Crippen LogP contribution in [-0.4, -0.2) is 21.7 Å². The summed E-state index contributed by atoms with van der Waals surface area (Å²) in [6.45, 7) is 0.879. The zero-order chi connectivity index (χ0) is 15.5. The highest BCUT2D eigenvalue weighted by atomic mass is 16.7. The summed E-state index contributed by atoms with van der Waals surface area (Å²) in [5.41, 5.74) is 2.68. The number of nitrogens with one attached hydrogen (secondary N) is 1. The first-order valence-electron chi connectivity index (χ1n) is 7.25. The first kappa shape index (κ1) is 13.5. The van der Waals surface area contributed by atoms with E-state index < -0.39 is 0 Å². The lowest BCUT2D eigenvalue weighted by molar-refractivity contribution is 0.174. The van der Waals surface area contributed by atoms with Crippen LogP contribution >= 0.6 is 0 Å². The minimum absolute atomic E-state index is 0.279. The van der Waals surface area contributed by atoms with E-state index in [0.29, 0.717) is 12.5 Å². The zero-order valence-corrected chi connectivity index (χ0v) is 12.3. The van der Waals surface area contributed by atoms with E-state index in [-0.39, 0.29) is 6.79 Å². The number of fused-ring (bicyclic) bond motifs is 1. The van der Waals surface area contributed by atoms with E-state index in [2.05, 4.69) is 20.3 Å². The van der Waals surface area contributed by atoms with Crippen LogP contribution in [-0.2, 0) is 6.54 Å². The minimum atomic E-state index is 0.279. The van der Waals surface area contributed by atoms with Crippen LogP contribution in [0.3, 0.4) is 0 Å². The lowest BCUT2D eigenvalue weighted by Gasteiger charge is -2.07. The third-order valence-corrected chi connectivity index (χ3v) is 3.47. The van der Waals surface area contributed by atoms with Crippen molar-refractivity contribution in [2.24, 2.45) is 0 Å². The second kappa shape index (κ2) is 5.92. The molecule has 6 nitrogen and oxygen atoms in total. The Morgan fingerprint density at radius 2 is 1.87 bits per heavy atom. The van der Waals surface area contributed by atoms with Crippen molar-refractivity contribution in [1.82, 2.24) is 15.0 Å². The summed E-state index contributed by atoms with van der Waals surface area (Å²) in [5, 5.41) is 3.22. The Hall–Kier alpha value is -3.15. The molecule has 1 aliphatic heterocycles. The molecule has 1 N–H and O–H groups in total. The summed E-state index contributed by atoms with van der Waals surface area (Å²) < 4.78 is 10.7. The highest BCUT2D eigenvalue weighted by Crippen LogP contribution is 2.32. The summed E-state index contributed by atoms with van der Waals surface area (Å²) in [4.78, 5) is 13.0. The molecule has 3 aromatic rings. The lowest BCUT2D eigenvalue weighted by Crippen LogP contribution is -2.04. The maximum Gasteiger partial charge on any atom is 0.231 e. The van der Waals surface area contributed by atoms with Gasteiger partial charge in [-0.25, -0.2) is 9.97 Å². The fraction of sp³-hybridized carbons (Fsp3) is 0.118. The molecule has 0 radical (unpaired) electrons. The van der Waals surface area contributed by atoms with Crippen molar-refractivity contribution in [3.05, 3.63) is 60.4 Å². The second-order valence-corrected chi connectivity index (χ2v) is 5.02. The van der Waals surface area contributed by atoms with Gasteiger partial charge in [-0.1, -0.05) is 12.1 Å². The Kier molecular flexibility index (Phi) is 3.48. The molecule has 3 heterocycles. The second-order valence-electron chi connectivity index (χ2n) is 5.02. The van der Waals surface area contributed by atoms with E-state index in [1.54, 1.807) is 12.4 Å². The van der Waals surface area contributed by atoms with Gasteiger partial charge in [0.25, 0.3) is 0 Å². The topological polar surface area (TPSA) is 69.2 Å². The summed E-state index contributed by atoms with van der Waals surface area (Å²) in [5.74, 6) is 2.11. The van der Waals surface area contributed by atoms with Gasteiger partial charge in [-0.2, -0.15) is 0 Å². The van der Waals surface area contributed by atoms with Crippen molar-refractivity contribution >= 4 is 5.95 Å². The molecule has 0 saturated heterocycles. The molecule has 2 aromatic heterocycles. The van der Waals surface area contributed by atoms with Crippen LogP contribution in [0.4, 0.5) is 5.95 Å². The van der Waals surface area contributed by atoms with Gasteiger partial charge >= 0.3 is 0 Å². The molecule has 0 spiro atoms. The SMILES string of the molecule is c1ccc(-c2ccnc(NCc3ccc4c(c3)OCO4)n2)nc1. The number of nitrogens with zero attached hydrogens (tertiary/aromatic N) is 3. The molecule has 4 rings (SSSR count). The van der Waals surface area contributed by atoms with Crippen LogP contribution in [0.25, 0.3) is 11.4 Å². The standard InChI is InChI=1S/C17H14N4O2/c1-2-7-18-13(3-1)14-6-8-19-17(21-14)20-10-12-4-5-15-16(9-12)23-11-22-15/h1-9H,10-11H2,(H,19,20,21). The molecular formula is C17H14N4O2. The van der Waals surface area contributed by atoms with Crippen molar-refractivity contribution in [2.45, 2.75) is 6.54 Å². The van der Waals surface area contributed by atoms with E-state index >= 15 is 0 Å². The first-order chi connectivity index (χ1) is 11.4. The fourth-order valence-electron chi connectivity index (χ4n) is 2.33. The molecule has 1 aliphatic rings. The third-order valence-electron chi connectivity index (χ3n) is 3.47. The minimum Gasteiger partial charge on any atom is -0.454 e. The van der Waals surface area contributed by atoms with Gasteiger partial charge in [-0.3, -0.25) is 4.98 Å². The van der Waals surface area contributed by atoms with E-state index in [0.717, 1.165) is 28.5 Å². The van der Waals surface area contributed by atoms with Crippen molar-refractivity contribution in [2.75, 3.05) is 12.1 Å².